The van der Waals surface area contributed by atoms with Crippen molar-refractivity contribution in [2.75, 3.05) is 11.5 Å². The predicted octanol–water partition coefficient (Wildman–Crippen LogP) is 6.34. The second-order valence-electron chi connectivity index (χ2n) is 9.92. The van der Waals surface area contributed by atoms with Crippen molar-refractivity contribution >= 4 is 45.7 Å². The van der Waals surface area contributed by atoms with Crippen LogP contribution < -0.4 is 14.4 Å². The molecule has 3 heterocycles. The number of benzene rings is 3. The van der Waals surface area contributed by atoms with Crippen LogP contribution in [0, 0.1) is 0 Å². The molecule has 0 bridgehead atoms. The average molecular weight is 598 g/mol. The van der Waals surface area contributed by atoms with Gasteiger partial charge in [0.05, 0.1) is 11.6 Å². The van der Waals surface area contributed by atoms with Crippen molar-refractivity contribution < 1.29 is 24.2 Å². The molecule has 6 rings (SSSR count). The summed E-state index contributed by atoms with van der Waals surface area (Å²) in [6, 6.07) is 21.4. The lowest BCUT2D eigenvalue weighted by Gasteiger charge is -2.23. The van der Waals surface area contributed by atoms with Gasteiger partial charge >= 0.3 is 5.91 Å². The molecule has 2 unspecified atom stereocenters. The van der Waals surface area contributed by atoms with Crippen molar-refractivity contribution in [1.82, 2.24) is 10.2 Å². The van der Waals surface area contributed by atoms with Crippen molar-refractivity contribution in [3.63, 3.8) is 0 Å². The third-order valence-corrected chi connectivity index (χ3v) is 9.09. The molecule has 1 saturated heterocycles. The molecule has 2 aliphatic rings. The number of aliphatic hydroxyl groups excluding tert-OH is 1. The van der Waals surface area contributed by atoms with Gasteiger partial charge in [0, 0.05) is 17.7 Å². The molecule has 2 atom stereocenters. The van der Waals surface area contributed by atoms with Crippen LogP contribution in [-0.4, -0.2) is 39.7 Å². The highest BCUT2D eigenvalue weighted by Gasteiger charge is 2.48. The zero-order chi connectivity index (χ0) is 29.2. The fourth-order valence-electron chi connectivity index (χ4n) is 5.08. The first kappa shape index (κ1) is 27.7. The minimum absolute atomic E-state index is 0.0210. The molecule has 212 valence electrons. The maximum absolute atomic E-state index is 13.6. The summed E-state index contributed by atoms with van der Waals surface area (Å²) in [5, 5.41) is 20.4. The topological polar surface area (TPSA) is 102 Å². The summed E-state index contributed by atoms with van der Waals surface area (Å²) in [4.78, 5) is 28.6. The van der Waals surface area contributed by atoms with E-state index in [1.165, 1.54) is 28.0 Å². The molecule has 10 heteroatoms. The van der Waals surface area contributed by atoms with Crippen LogP contribution in [0.5, 0.6) is 11.5 Å². The molecule has 1 fully saturated rings. The first-order valence-corrected chi connectivity index (χ1v) is 15.2. The number of anilines is 1. The fraction of sp³-hybridized carbons (Fsp3) is 0.188. The summed E-state index contributed by atoms with van der Waals surface area (Å²) in [6.07, 6.45) is 2.34. The highest BCUT2D eigenvalue weighted by atomic mass is 32.2. The quantitative estimate of drug-likeness (QED) is 0.0595. The number of carbonyl (C=O) groups is 2. The van der Waals surface area contributed by atoms with E-state index in [1.54, 1.807) is 42.5 Å². The number of rotatable bonds is 9. The third-order valence-electron chi connectivity index (χ3n) is 6.96. The Balaban J connectivity index is 1.41. The standard InChI is InChI=1S/C32H27N3O5S2/c1-3-14-39-24-11-7-10-21(17-24)27-26(28(36)22-12-13-25-23(16-22)15-19(2)40-25)29(37)30(38)35(27)31-33-34-32(42-31)41-18-20-8-5-4-6-9-20/h3-13,16-17,19,27,36H,1,14-15,18H2,2H3/b28-26-. The molecular weight excluding hydrogens is 571 g/mol. The Morgan fingerprint density at radius 2 is 1.98 bits per heavy atom. The second-order valence-corrected chi connectivity index (χ2v) is 12.1. The lowest BCUT2D eigenvalue weighted by Crippen LogP contribution is -2.29. The Morgan fingerprint density at radius 1 is 1.14 bits per heavy atom. The van der Waals surface area contributed by atoms with Crippen LogP contribution in [0.15, 0.2) is 95.4 Å². The van der Waals surface area contributed by atoms with Gasteiger partial charge in [0.2, 0.25) is 5.13 Å². The van der Waals surface area contributed by atoms with Crippen molar-refractivity contribution in [2.45, 2.75) is 35.6 Å². The molecule has 0 radical (unpaired) electrons. The molecule has 1 N–H and O–H groups in total. The first-order chi connectivity index (χ1) is 20.4. The maximum Gasteiger partial charge on any atom is 0.301 e. The Kier molecular flexibility index (Phi) is 7.82. The van der Waals surface area contributed by atoms with Crippen LogP contribution >= 0.6 is 23.1 Å². The van der Waals surface area contributed by atoms with Crippen LogP contribution in [0.1, 0.15) is 35.2 Å². The number of amides is 1. The molecule has 0 saturated carbocycles. The minimum Gasteiger partial charge on any atom is -0.507 e. The van der Waals surface area contributed by atoms with Crippen molar-refractivity contribution in [1.29, 1.82) is 0 Å². The van der Waals surface area contributed by atoms with Gasteiger partial charge in [0.1, 0.15) is 30.0 Å². The van der Waals surface area contributed by atoms with Crippen molar-refractivity contribution in [2.24, 2.45) is 0 Å². The van der Waals surface area contributed by atoms with Gasteiger partial charge in [-0.3, -0.25) is 14.5 Å². The SMILES string of the molecule is C=CCOc1cccc(C2/C(=C(/O)c3ccc4c(c3)CC(C)O4)C(=O)C(=O)N2c2nnc(SCc3ccccc3)s2)c1. The molecule has 0 spiro atoms. The van der Waals surface area contributed by atoms with E-state index in [-0.39, 0.29) is 29.2 Å². The lowest BCUT2D eigenvalue weighted by atomic mass is 9.94. The van der Waals surface area contributed by atoms with Gasteiger partial charge in [-0.25, -0.2) is 0 Å². The highest BCUT2D eigenvalue weighted by molar-refractivity contribution is 8.00. The number of fused-ring (bicyclic) bond motifs is 1. The predicted molar refractivity (Wildman–Crippen MR) is 163 cm³/mol. The number of ketones is 1. The van der Waals surface area contributed by atoms with E-state index in [0.29, 0.717) is 33.4 Å². The molecule has 0 aliphatic carbocycles. The van der Waals surface area contributed by atoms with Gasteiger partial charge in [-0.1, -0.05) is 78.2 Å². The van der Waals surface area contributed by atoms with E-state index in [4.69, 9.17) is 9.47 Å². The summed E-state index contributed by atoms with van der Waals surface area (Å²) >= 11 is 2.72. The summed E-state index contributed by atoms with van der Waals surface area (Å²) < 4.78 is 12.2. The lowest BCUT2D eigenvalue weighted by molar-refractivity contribution is -0.132. The number of aliphatic hydroxyl groups is 1. The smallest absolute Gasteiger partial charge is 0.301 e. The Hall–Kier alpha value is -4.41. The van der Waals surface area contributed by atoms with Gasteiger partial charge < -0.3 is 14.6 Å². The summed E-state index contributed by atoms with van der Waals surface area (Å²) in [5.74, 6) is 0.127. The van der Waals surface area contributed by atoms with Crippen LogP contribution in [0.25, 0.3) is 5.76 Å². The molecule has 3 aromatic carbocycles. The maximum atomic E-state index is 13.6. The number of nitrogens with zero attached hydrogens (tertiary/aromatic N) is 3. The normalized spacial score (nSPS) is 19.0. The second kappa shape index (κ2) is 11.8. The van der Waals surface area contributed by atoms with Gasteiger partial charge in [0.25, 0.3) is 5.78 Å². The average Bonchev–Trinajstić information content (AvgIpc) is 3.70. The van der Waals surface area contributed by atoms with E-state index in [9.17, 15) is 14.7 Å². The largest absolute Gasteiger partial charge is 0.507 e. The molecule has 8 nitrogen and oxygen atoms in total. The summed E-state index contributed by atoms with van der Waals surface area (Å²) in [5.41, 5.74) is 3.06. The number of aromatic nitrogens is 2. The summed E-state index contributed by atoms with van der Waals surface area (Å²) in [7, 11) is 0. The van der Waals surface area contributed by atoms with E-state index in [2.05, 4.69) is 16.8 Å². The Labute approximate surface area is 251 Å². The zero-order valence-corrected chi connectivity index (χ0v) is 24.4. The fourth-order valence-corrected chi connectivity index (χ4v) is 6.90. The van der Waals surface area contributed by atoms with Crippen LogP contribution in [0.2, 0.25) is 0 Å². The number of carbonyl (C=O) groups excluding carboxylic acids is 2. The molecule has 1 aromatic heterocycles. The van der Waals surface area contributed by atoms with Gasteiger partial charge in [-0.15, -0.1) is 10.2 Å². The van der Waals surface area contributed by atoms with E-state index in [1.807, 2.05) is 43.3 Å². The van der Waals surface area contributed by atoms with Crippen molar-refractivity contribution in [3.05, 3.63) is 113 Å². The van der Waals surface area contributed by atoms with E-state index in [0.717, 1.165) is 16.9 Å². The zero-order valence-electron chi connectivity index (χ0n) is 22.7. The number of hydrogen-bond acceptors (Lipinski definition) is 9. The number of hydrogen-bond donors (Lipinski definition) is 1. The monoisotopic (exact) mass is 597 g/mol. The molecule has 4 aromatic rings. The molecule has 2 aliphatic heterocycles. The summed E-state index contributed by atoms with van der Waals surface area (Å²) in [6.45, 7) is 5.96. The number of Topliss-reactive ketones (excluding diaryl/α,β-unsaturated/α-hetero) is 1. The van der Waals surface area contributed by atoms with Crippen molar-refractivity contribution in [3.8, 4) is 11.5 Å². The molecule has 1 amide bonds. The van der Waals surface area contributed by atoms with Crippen LogP contribution in [-0.2, 0) is 21.8 Å². The minimum atomic E-state index is -0.944. The van der Waals surface area contributed by atoms with Crippen LogP contribution in [0.3, 0.4) is 0 Å². The molecular formula is C32H27N3O5S2. The van der Waals surface area contributed by atoms with Gasteiger partial charge in [0.15, 0.2) is 4.34 Å². The highest BCUT2D eigenvalue weighted by Crippen LogP contribution is 2.45. The van der Waals surface area contributed by atoms with Gasteiger partial charge in [-0.2, -0.15) is 0 Å². The first-order valence-electron chi connectivity index (χ1n) is 13.4. The van der Waals surface area contributed by atoms with E-state index < -0.39 is 17.7 Å². The van der Waals surface area contributed by atoms with Crippen LogP contribution in [0.4, 0.5) is 5.13 Å². The number of thioether (sulfide) groups is 1. The van der Waals surface area contributed by atoms with Gasteiger partial charge in [-0.05, 0) is 53.9 Å². The van der Waals surface area contributed by atoms with E-state index >= 15 is 0 Å². The third kappa shape index (κ3) is 5.43. The number of ether oxygens (including phenoxy) is 2. The Morgan fingerprint density at radius 3 is 2.79 bits per heavy atom. The Bertz CT molecular complexity index is 1700. The molecule has 42 heavy (non-hydrogen) atoms.